The molecule has 142 valence electrons. The second-order valence-electron chi connectivity index (χ2n) is 6.82. The first-order valence-electron chi connectivity index (χ1n) is 9.08. The Morgan fingerprint density at radius 2 is 1.82 bits per heavy atom. The molecule has 1 saturated carbocycles. The normalized spacial score (nSPS) is 17.8. The van der Waals surface area contributed by atoms with Gasteiger partial charge in [-0.15, -0.1) is 0 Å². The van der Waals surface area contributed by atoms with Crippen molar-refractivity contribution in [1.82, 2.24) is 5.32 Å². The van der Waals surface area contributed by atoms with Crippen molar-refractivity contribution in [3.63, 3.8) is 0 Å². The van der Waals surface area contributed by atoms with Gasteiger partial charge < -0.3 is 15.1 Å². The minimum atomic E-state index is -0.301. The van der Waals surface area contributed by atoms with Crippen LogP contribution in [0.2, 0.25) is 5.02 Å². The van der Waals surface area contributed by atoms with E-state index in [1.165, 1.54) is 6.26 Å². The Morgan fingerprint density at radius 1 is 1.04 bits per heavy atom. The summed E-state index contributed by atoms with van der Waals surface area (Å²) in [5.74, 6) is 0.180. The molecular weight excluding hydrogens is 376 g/mol. The standard InChI is InChI=1S/C22H19ClN2O3/c23-19-5-2-1-4-16(19)17-12-18(17)21(26)24-13-14-7-9-15(10-8-14)25-22(27)20-6-3-11-28-20/h1-11,17-18H,12-13H2,(H,24,26)(H,25,27). The first-order valence-corrected chi connectivity index (χ1v) is 9.45. The molecule has 2 aromatic carbocycles. The van der Waals surface area contributed by atoms with E-state index < -0.39 is 0 Å². The average Bonchev–Trinajstić information content (AvgIpc) is 3.30. The Bertz CT molecular complexity index is 983. The molecule has 5 nitrogen and oxygen atoms in total. The van der Waals surface area contributed by atoms with Crippen LogP contribution in [0.4, 0.5) is 5.69 Å². The third-order valence-electron chi connectivity index (χ3n) is 4.86. The second-order valence-corrected chi connectivity index (χ2v) is 7.22. The highest BCUT2D eigenvalue weighted by Crippen LogP contribution is 2.49. The lowest BCUT2D eigenvalue weighted by Crippen LogP contribution is -2.24. The number of halogens is 1. The summed E-state index contributed by atoms with van der Waals surface area (Å²) >= 11 is 6.22. The van der Waals surface area contributed by atoms with E-state index in [9.17, 15) is 9.59 Å². The number of amides is 2. The third kappa shape index (κ3) is 4.10. The van der Waals surface area contributed by atoms with E-state index in [1.54, 1.807) is 24.3 Å². The predicted molar refractivity (Wildman–Crippen MR) is 107 cm³/mol. The lowest BCUT2D eigenvalue weighted by molar-refractivity contribution is -0.122. The van der Waals surface area contributed by atoms with Crippen LogP contribution in [0.1, 0.15) is 34.0 Å². The fourth-order valence-corrected chi connectivity index (χ4v) is 3.51. The lowest BCUT2D eigenvalue weighted by atomic mass is 10.1. The first kappa shape index (κ1) is 18.3. The van der Waals surface area contributed by atoms with Gasteiger partial charge in [0, 0.05) is 23.2 Å². The van der Waals surface area contributed by atoms with Crippen LogP contribution in [0.3, 0.4) is 0 Å². The molecule has 1 heterocycles. The maximum Gasteiger partial charge on any atom is 0.291 e. The highest BCUT2D eigenvalue weighted by Gasteiger charge is 2.44. The summed E-state index contributed by atoms with van der Waals surface area (Å²) in [7, 11) is 0. The summed E-state index contributed by atoms with van der Waals surface area (Å²) in [6.45, 7) is 0.441. The number of hydrogen-bond donors (Lipinski definition) is 2. The maximum atomic E-state index is 12.4. The van der Waals surface area contributed by atoms with E-state index in [0.717, 1.165) is 22.6 Å². The lowest BCUT2D eigenvalue weighted by Gasteiger charge is -2.08. The van der Waals surface area contributed by atoms with Crippen LogP contribution in [0, 0.1) is 5.92 Å². The summed E-state index contributed by atoms with van der Waals surface area (Å²) < 4.78 is 5.06. The van der Waals surface area contributed by atoms with Crippen molar-refractivity contribution in [2.24, 2.45) is 5.92 Å². The van der Waals surface area contributed by atoms with Gasteiger partial charge in [-0.25, -0.2) is 0 Å². The van der Waals surface area contributed by atoms with Crippen molar-refractivity contribution in [2.45, 2.75) is 18.9 Å². The van der Waals surface area contributed by atoms with Gasteiger partial charge in [0.1, 0.15) is 0 Å². The number of furan rings is 1. The predicted octanol–water partition coefficient (Wildman–Crippen LogP) is 4.61. The number of rotatable bonds is 6. The van der Waals surface area contributed by atoms with Crippen LogP contribution in [0.5, 0.6) is 0 Å². The Balaban J connectivity index is 1.28. The van der Waals surface area contributed by atoms with E-state index in [4.69, 9.17) is 16.0 Å². The van der Waals surface area contributed by atoms with Crippen molar-refractivity contribution in [1.29, 1.82) is 0 Å². The third-order valence-corrected chi connectivity index (χ3v) is 5.20. The van der Waals surface area contributed by atoms with E-state index in [0.29, 0.717) is 12.2 Å². The van der Waals surface area contributed by atoms with Crippen LogP contribution < -0.4 is 10.6 Å². The zero-order valence-electron chi connectivity index (χ0n) is 15.0. The van der Waals surface area contributed by atoms with Gasteiger partial charge in [0.15, 0.2) is 5.76 Å². The van der Waals surface area contributed by atoms with Crippen LogP contribution in [-0.2, 0) is 11.3 Å². The van der Waals surface area contributed by atoms with Crippen molar-refractivity contribution >= 4 is 29.1 Å². The molecule has 2 amide bonds. The fourth-order valence-electron chi connectivity index (χ4n) is 3.23. The fraction of sp³-hybridized carbons (Fsp3) is 0.182. The molecule has 0 aliphatic heterocycles. The van der Waals surface area contributed by atoms with Crippen LogP contribution in [-0.4, -0.2) is 11.8 Å². The minimum Gasteiger partial charge on any atom is -0.459 e. The SMILES string of the molecule is O=C(Nc1ccc(CNC(=O)C2CC2c2ccccc2Cl)cc1)c1ccco1. The smallest absolute Gasteiger partial charge is 0.291 e. The Morgan fingerprint density at radius 3 is 2.54 bits per heavy atom. The topological polar surface area (TPSA) is 71.3 Å². The molecule has 0 bridgehead atoms. The summed E-state index contributed by atoms with van der Waals surface area (Å²) in [5.41, 5.74) is 2.66. The molecule has 28 heavy (non-hydrogen) atoms. The molecule has 2 N–H and O–H groups in total. The molecule has 2 atom stereocenters. The van der Waals surface area contributed by atoms with Gasteiger partial charge in [-0.1, -0.05) is 41.9 Å². The molecule has 1 aliphatic rings. The molecule has 1 aliphatic carbocycles. The highest BCUT2D eigenvalue weighted by atomic mass is 35.5. The molecule has 6 heteroatoms. The zero-order chi connectivity index (χ0) is 19.5. The van der Waals surface area contributed by atoms with Gasteiger partial charge >= 0.3 is 0 Å². The van der Waals surface area contributed by atoms with Crippen molar-refractivity contribution < 1.29 is 14.0 Å². The molecule has 2 unspecified atom stereocenters. The maximum absolute atomic E-state index is 12.4. The highest BCUT2D eigenvalue weighted by molar-refractivity contribution is 6.31. The number of carbonyl (C=O) groups excluding carboxylic acids is 2. The molecule has 1 aromatic heterocycles. The number of benzene rings is 2. The molecule has 0 spiro atoms. The summed E-state index contributed by atoms with van der Waals surface area (Å²) in [6.07, 6.45) is 2.28. The molecule has 0 saturated heterocycles. The van der Waals surface area contributed by atoms with Gasteiger partial charge in [0.05, 0.1) is 6.26 Å². The van der Waals surface area contributed by atoms with Gasteiger partial charge in [0.25, 0.3) is 5.91 Å². The molecular formula is C22H19ClN2O3. The van der Waals surface area contributed by atoms with Crippen LogP contribution in [0.15, 0.2) is 71.3 Å². The molecule has 3 aromatic rings. The Kier molecular flexibility index (Phi) is 5.17. The van der Waals surface area contributed by atoms with Gasteiger partial charge in [-0.2, -0.15) is 0 Å². The summed E-state index contributed by atoms with van der Waals surface area (Å²) in [6, 6.07) is 18.3. The van der Waals surface area contributed by atoms with E-state index in [-0.39, 0.29) is 29.4 Å². The molecule has 4 rings (SSSR count). The van der Waals surface area contributed by atoms with E-state index in [1.807, 2.05) is 36.4 Å². The number of carbonyl (C=O) groups is 2. The first-order chi connectivity index (χ1) is 13.6. The average molecular weight is 395 g/mol. The number of nitrogens with one attached hydrogen (secondary N) is 2. The number of hydrogen-bond acceptors (Lipinski definition) is 3. The summed E-state index contributed by atoms with van der Waals surface area (Å²) in [4.78, 5) is 24.4. The number of anilines is 1. The zero-order valence-corrected chi connectivity index (χ0v) is 15.8. The molecule has 0 radical (unpaired) electrons. The second kappa shape index (κ2) is 7.90. The van der Waals surface area contributed by atoms with Crippen molar-refractivity contribution in [3.05, 3.63) is 88.8 Å². The van der Waals surface area contributed by atoms with Gasteiger partial charge in [-0.3, -0.25) is 9.59 Å². The van der Waals surface area contributed by atoms with Crippen LogP contribution in [0.25, 0.3) is 0 Å². The van der Waals surface area contributed by atoms with Crippen molar-refractivity contribution in [3.8, 4) is 0 Å². The van der Waals surface area contributed by atoms with Gasteiger partial charge in [-0.05, 0) is 53.8 Å². The van der Waals surface area contributed by atoms with Crippen molar-refractivity contribution in [2.75, 3.05) is 5.32 Å². The van der Waals surface area contributed by atoms with Crippen LogP contribution >= 0.6 is 11.6 Å². The minimum absolute atomic E-state index is 0.0215. The monoisotopic (exact) mass is 394 g/mol. The van der Waals surface area contributed by atoms with E-state index >= 15 is 0 Å². The van der Waals surface area contributed by atoms with E-state index in [2.05, 4.69) is 10.6 Å². The molecule has 1 fully saturated rings. The Hall–Kier alpha value is -3.05. The van der Waals surface area contributed by atoms with Gasteiger partial charge in [0.2, 0.25) is 5.91 Å². The quantitative estimate of drug-likeness (QED) is 0.641. The largest absolute Gasteiger partial charge is 0.459 e. The Labute approximate surface area is 167 Å². The summed E-state index contributed by atoms with van der Waals surface area (Å²) in [5, 5.41) is 6.46.